The number of carbonyl (C=O) groups excluding carboxylic acids is 5. The Morgan fingerprint density at radius 2 is 1.81 bits per heavy atom. The van der Waals surface area contributed by atoms with Crippen molar-refractivity contribution in [3.05, 3.63) is 34.9 Å². The second-order valence-electron chi connectivity index (χ2n) is 9.83. The lowest BCUT2D eigenvalue weighted by molar-refractivity contribution is -0.151. The molecule has 0 spiro atoms. The van der Waals surface area contributed by atoms with Crippen molar-refractivity contribution in [3.8, 4) is 0 Å². The molecule has 0 bridgehead atoms. The van der Waals surface area contributed by atoms with Crippen LogP contribution in [0.4, 0.5) is 4.79 Å². The Morgan fingerprint density at radius 1 is 1.08 bits per heavy atom. The van der Waals surface area contributed by atoms with Gasteiger partial charge >= 0.3 is 12.1 Å². The third-order valence-electron chi connectivity index (χ3n) is 5.79. The van der Waals surface area contributed by atoms with Crippen molar-refractivity contribution in [1.29, 1.82) is 0 Å². The number of esters is 1. The molecule has 1 aliphatic heterocycles. The molecular formula is C26H36ClN3O7. The van der Waals surface area contributed by atoms with E-state index in [2.05, 4.69) is 16.0 Å². The van der Waals surface area contributed by atoms with Gasteiger partial charge in [-0.1, -0.05) is 51.4 Å². The maximum Gasteiger partial charge on any atom is 0.408 e. The third-order valence-corrected chi connectivity index (χ3v) is 6.03. The molecule has 1 heterocycles. The van der Waals surface area contributed by atoms with Crippen LogP contribution in [0, 0.1) is 17.8 Å². The Balaban J connectivity index is 2.07. The summed E-state index contributed by atoms with van der Waals surface area (Å²) in [6.45, 7) is 6.97. The van der Waals surface area contributed by atoms with E-state index < -0.39 is 54.3 Å². The first-order valence-corrected chi connectivity index (χ1v) is 12.8. The number of rotatable bonds is 13. The summed E-state index contributed by atoms with van der Waals surface area (Å²) in [4.78, 5) is 62.5. The molecule has 3 N–H and O–H groups in total. The van der Waals surface area contributed by atoms with Crippen LogP contribution in [0.25, 0.3) is 0 Å². The molecule has 10 nitrogen and oxygen atoms in total. The summed E-state index contributed by atoms with van der Waals surface area (Å²) in [5.74, 6) is -2.72. The van der Waals surface area contributed by atoms with E-state index >= 15 is 0 Å². The van der Waals surface area contributed by atoms with E-state index in [1.54, 1.807) is 38.1 Å². The Bertz CT molecular complexity index is 983. The lowest BCUT2D eigenvalue weighted by Gasteiger charge is -2.25. The van der Waals surface area contributed by atoms with Crippen LogP contribution in [0.5, 0.6) is 0 Å². The Kier molecular flexibility index (Phi) is 11.8. The minimum Gasteiger partial charge on any atom is -0.457 e. The second kappa shape index (κ2) is 14.6. The predicted molar refractivity (Wildman–Crippen MR) is 136 cm³/mol. The highest BCUT2D eigenvalue weighted by atomic mass is 35.5. The van der Waals surface area contributed by atoms with Gasteiger partial charge in [0.1, 0.15) is 12.6 Å². The zero-order valence-electron chi connectivity index (χ0n) is 21.7. The molecule has 1 aliphatic rings. The Labute approximate surface area is 222 Å². The van der Waals surface area contributed by atoms with Gasteiger partial charge in [-0.05, 0) is 42.9 Å². The first kappa shape index (κ1) is 30.1. The molecule has 0 saturated carbocycles. The van der Waals surface area contributed by atoms with Crippen LogP contribution in [0.1, 0.15) is 52.5 Å². The molecule has 3 atom stereocenters. The molecular weight excluding hydrogens is 502 g/mol. The van der Waals surface area contributed by atoms with Gasteiger partial charge in [0, 0.05) is 17.5 Å². The number of ether oxygens (including phenoxy) is 2. The molecule has 2 rings (SSSR count). The molecule has 0 unspecified atom stereocenters. The molecule has 37 heavy (non-hydrogen) atoms. The molecule has 1 fully saturated rings. The summed E-state index contributed by atoms with van der Waals surface area (Å²) in [5.41, 5.74) is 0.684. The van der Waals surface area contributed by atoms with Crippen molar-refractivity contribution in [1.82, 2.24) is 16.0 Å². The summed E-state index contributed by atoms with van der Waals surface area (Å²) >= 11 is 5.95. The third kappa shape index (κ3) is 10.4. The van der Waals surface area contributed by atoms with Crippen LogP contribution in [0.15, 0.2) is 24.3 Å². The molecule has 204 valence electrons. The zero-order valence-corrected chi connectivity index (χ0v) is 22.4. The highest BCUT2D eigenvalue weighted by molar-refractivity contribution is 6.30. The lowest BCUT2D eigenvalue weighted by atomic mass is 9.95. The number of amides is 3. The zero-order chi connectivity index (χ0) is 27.5. The minimum absolute atomic E-state index is 0.0331. The Hall–Kier alpha value is -3.14. The van der Waals surface area contributed by atoms with Crippen LogP contribution in [-0.4, -0.2) is 54.9 Å². The van der Waals surface area contributed by atoms with Crippen LogP contribution in [0.2, 0.25) is 5.02 Å². The summed E-state index contributed by atoms with van der Waals surface area (Å²) in [6, 6.07) is 4.78. The fraction of sp³-hybridized carbons (Fsp3) is 0.577. The maximum atomic E-state index is 13.2. The van der Waals surface area contributed by atoms with E-state index in [0.29, 0.717) is 23.6 Å². The van der Waals surface area contributed by atoms with Gasteiger partial charge in [0.15, 0.2) is 12.4 Å². The first-order chi connectivity index (χ1) is 17.5. The number of alkyl carbamates (subject to hydrolysis) is 1. The van der Waals surface area contributed by atoms with E-state index in [0.717, 1.165) is 0 Å². The van der Waals surface area contributed by atoms with Gasteiger partial charge in [-0.25, -0.2) is 4.79 Å². The maximum absolute atomic E-state index is 13.2. The van der Waals surface area contributed by atoms with Crippen molar-refractivity contribution < 1.29 is 33.4 Å². The van der Waals surface area contributed by atoms with Gasteiger partial charge in [0.05, 0.1) is 12.0 Å². The van der Waals surface area contributed by atoms with Crippen LogP contribution in [-0.2, 0) is 35.3 Å². The fourth-order valence-electron chi connectivity index (χ4n) is 3.77. The van der Waals surface area contributed by atoms with Crippen molar-refractivity contribution in [2.45, 2.75) is 65.6 Å². The van der Waals surface area contributed by atoms with E-state index in [4.69, 9.17) is 21.1 Å². The van der Waals surface area contributed by atoms with Crippen molar-refractivity contribution >= 4 is 41.3 Å². The summed E-state index contributed by atoms with van der Waals surface area (Å²) in [6.07, 6.45) is 0.0621. The summed E-state index contributed by atoms with van der Waals surface area (Å²) < 4.78 is 10.3. The smallest absolute Gasteiger partial charge is 0.408 e. The van der Waals surface area contributed by atoms with Gasteiger partial charge in [-0.3, -0.25) is 19.2 Å². The largest absolute Gasteiger partial charge is 0.457 e. The number of nitrogens with one attached hydrogen (secondary N) is 3. The molecule has 0 aliphatic carbocycles. The SMILES string of the molecule is CC(C)C[C@H](NC(=O)OCc1cccc(Cl)c1)C(=O)N[C@@H](C[C@@H]1CCNC1=O)C(=O)COC(=O)C(C)C. The molecule has 1 aromatic rings. The number of halogens is 1. The van der Waals surface area contributed by atoms with Gasteiger partial charge in [0.25, 0.3) is 0 Å². The van der Waals surface area contributed by atoms with E-state index in [-0.39, 0.29) is 31.3 Å². The average Bonchev–Trinajstić information content (AvgIpc) is 3.23. The highest BCUT2D eigenvalue weighted by Crippen LogP contribution is 2.18. The number of Topliss-reactive ketones (excluding diaryl/α,β-unsaturated/α-hetero) is 1. The number of carbonyl (C=O) groups is 5. The van der Waals surface area contributed by atoms with Crippen molar-refractivity contribution in [3.63, 3.8) is 0 Å². The van der Waals surface area contributed by atoms with Crippen LogP contribution < -0.4 is 16.0 Å². The average molecular weight is 538 g/mol. The minimum atomic E-state index is -1.07. The quantitative estimate of drug-likeness (QED) is 0.329. The van der Waals surface area contributed by atoms with Crippen LogP contribution in [0.3, 0.4) is 0 Å². The van der Waals surface area contributed by atoms with Gasteiger partial charge < -0.3 is 25.4 Å². The molecule has 0 aromatic heterocycles. The van der Waals surface area contributed by atoms with E-state index in [9.17, 15) is 24.0 Å². The molecule has 1 aromatic carbocycles. The fourth-order valence-corrected chi connectivity index (χ4v) is 3.98. The standard InChI is InChI=1S/C26H36ClN3O7/c1-15(2)10-21(30-26(35)37-13-17-6-5-7-19(27)11-17)24(33)29-20(12-18-8-9-28-23(18)32)22(31)14-36-25(34)16(3)4/h5-7,11,15-16,18,20-21H,8-10,12-14H2,1-4H3,(H,28,32)(H,29,33)(H,30,35)/t18-,20-,21-/m0/s1. The monoisotopic (exact) mass is 537 g/mol. The molecule has 3 amide bonds. The topological polar surface area (TPSA) is 140 Å². The van der Waals surface area contributed by atoms with Gasteiger partial charge in [0.2, 0.25) is 11.8 Å². The number of benzene rings is 1. The molecule has 1 saturated heterocycles. The van der Waals surface area contributed by atoms with Gasteiger partial charge in [-0.15, -0.1) is 0 Å². The lowest BCUT2D eigenvalue weighted by Crippen LogP contribution is -2.53. The molecule has 0 radical (unpaired) electrons. The van der Waals surface area contributed by atoms with Gasteiger partial charge in [-0.2, -0.15) is 0 Å². The summed E-state index contributed by atoms with van der Waals surface area (Å²) in [5, 5.41) is 8.44. The van der Waals surface area contributed by atoms with Crippen molar-refractivity contribution in [2.24, 2.45) is 17.8 Å². The van der Waals surface area contributed by atoms with E-state index in [1.165, 1.54) is 0 Å². The first-order valence-electron chi connectivity index (χ1n) is 12.4. The highest BCUT2D eigenvalue weighted by Gasteiger charge is 2.33. The number of hydrogen-bond acceptors (Lipinski definition) is 7. The predicted octanol–water partition coefficient (Wildman–Crippen LogP) is 2.76. The second-order valence-corrected chi connectivity index (χ2v) is 10.3. The van der Waals surface area contributed by atoms with Crippen molar-refractivity contribution in [2.75, 3.05) is 13.2 Å². The number of hydrogen-bond donors (Lipinski definition) is 3. The Morgan fingerprint density at radius 3 is 2.41 bits per heavy atom. The summed E-state index contributed by atoms with van der Waals surface area (Å²) in [7, 11) is 0. The van der Waals surface area contributed by atoms with E-state index in [1.807, 2.05) is 13.8 Å². The normalized spacial score (nSPS) is 16.6. The molecule has 11 heteroatoms. The number of ketones is 1. The van der Waals surface area contributed by atoms with Crippen LogP contribution >= 0.6 is 11.6 Å².